The van der Waals surface area contributed by atoms with Crippen LogP contribution in [0.4, 0.5) is 0 Å². The van der Waals surface area contributed by atoms with E-state index in [9.17, 15) is 0 Å². The predicted molar refractivity (Wildman–Crippen MR) is 47.0 cm³/mol. The molecular formula is C9H18O3. The third-order valence-electron chi connectivity index (χ3n) is 1.78. The maximum Gasteiger partial charge on any atom is 0.0563 e. The van der Waals surface area contributed by atoms with E-state index >= 15 is 0 Å². The van der Waals surface area contributed by atoms with Crippen molar-refractivity contribution in [1.82, 2.24) is 0 Å². The van der Waals surface area contributed by atoms with Crippen molar-refractivity contribution in [3.05, 3.63) is 6.92 Å². The molecule has 2 radical (unpaired) electrons. The first-order valence-electron chi connectivity index (χ1n) is 3.91. The molecule has 72 valence electrons. The van der Waals surface area contributed by atoms with Crippen LogP contribution in [0.15, 0.2) is 0 Å². The molecule has 0 saturated carbocycles. The molecule has 3 heteroatoms. The van der Waals surface area contributed by atoms with Gasteiger partial charge in [0.15, 0.2) is 0 Å². The number of ether oxygens (including phenoxy) is 3. The Kier molecular flexibility index (Phi) is 6.34. The molecule has 0 heterocycles. The Hall–Kier alpha value is -0.120. The lowest BCUT2D eigenvalue weighted by Gasteiger charge is -2.30. The van der Waals surface area contributed by atoms with E-state index in [1.54, 1.807) is 21.3 Å². The smallest absolute Gasteiger partial charge is 0.0563 e. The first-order valence-corrected chi connectivity index (χ1v) is 3.91. The molecule has 0 amide bonds. The summed E-state index contributed by atoms with van der Waals surface area (Å²) in [4.78, 5) is 0. The molecule has 0 rings (SSSR count). The van der Waals surface area contributed by atoms with E-state index in [1.807, 2.05) is 0 Å². The van der Waals surface area contributed by atoms with Gasteiger partial charge in [0, 0.05) is 26.7 Å². The number of hydrogen-bond donors (Lipinski definition) is 0. The minimum absolute atomic E-state index is 0.196. The second kappa shape index (κ2) is 6.40. The van der Waals surface area contributed by atoms with Crippen molar-refractivity contribution in [3.8, 4) is 0 Å². The minimum atomic E-state index is -0.196. The van der Waals surface area contributed by atoms with Gasteiger partial charge in [0.1, 0.15) is 0 Å². The maximum atomic E-state index is 5.63. The highest BCUT2D eigenvalue weighted by Crippen LogP contribution is 2.22. The zero-order chi connectivity index (χ0) is 9.45. The normalized spacial score (nSPS) is 12.0. The lowest BCUT2D eigenvalue weighted by Crippen LogP contribution is -2.35. The number of rotatable bonds is 7. The molecule has 0 aromatic carbocycles. The molecule has 0 saturated heterocycles. The molecule has 0 aliphatic heterocycles. The summed E-state index contributed by atoms with van der Waals surface area (Å²) in [6.45, 7) is 7.31. The molecule has 0 fully saturated rings. The fourth-order valence-electron chi connectivity index (χ4n) is 1.22. The lowest BCUT2D eigenvalue weighted by molar-refractivity contribution is -0.0367. The summed E-state index contributed by atoms with van der Waals surface area (Å²) in [5, 5.41) is 0. The SMILES string of the molecule is [CH]CC(COC)(COC)COC. The van der Waals surface area contributed by atoms with E-state index < -0.39 is 0 Å². The van der Waals surface area contributed by atoms with Crippen molar-refractivity contribution < 1.29 is 14.2 Å². The zero-order valence-corrected chi connectivity index (χ0v) is 8.13. The molecule has 12 heavy (non-hydrogen) atoms. The third-order valence-corrected chi connectivity index (χ3v) is 1.78. The summed E-state index contributed by atoms with van der Waals surface area (Å²) >= 11 is 0. The van der Waals surface area contributed by atoms with E-state index in [4.69, 9.17) is 21.1 Å². The Morgan fingerprint density at radius 2 is 1.25 bits per heavy atom. The van der Waals surface area contributed by atoms with Crippen LogP contribution in [0.1, 0.15) is 6.42 Å². The first-order chi connectivity index (χ1) is 5.74. The van der Waals surface area contributed by atoms with Gasteiger partial charge in [-0.15, -0.1) is 0 Å². The fraction of sp³-hybridized carbons (Fsp3) is 0.889. The molecule has 0 bridgehead atoms. The van der Waals surface area contributed by atoms with E-state index in [0.717, 1.165) is 0 Å². The van der Waals surface area contributed by atoms with Gasteiger partial charge >= 0.3 is 0 Å². The fourth-order valence-corrected chi connectivity index (χ4v) is 1.22. The quantitative estimate of drug-likeness (QED) is 0.576. The molecule has 0 unspecified atom stereocenters. The van der Waals surface area contributed by atoms with Gasteiger partial charge in [-0.3, -0.25) is 0 Å². The summed E-state index contributed by atoms with van der Waals surface area (Å²) in [6, 6.07) is 0. The second-order valence-electron chi connectivity index (χ2n) is 3.00. The molecule has 0 aliphatic rings. The monoisotopic (exact) mass is 174 g/mol. The summed E-state index contributed by atoms with van der Waals surface area (Å²) in [6.07, 6.45) is 0.502. The van der Waals surface area contributed by atoms with E-state index in [0.29, 0.717) is 26.2 Å². The van der Waals surface area contributed by atoms with Gasteiger partial charge in [0.2, 0.25) is 0 Å². The summed E-state index contributed by atoms with van der Waals surface area (Å²) in [7, 11) is 4.95. The van der Waals surface area contributed by atoms with Gasteiger partial charge < -0.3 is 14.2 Å². The Bertz CT molecular complexity index is 86.9. The Morgan fingerprint density at radius 1 is 0.917 bits per heavy atom. The van der Waals surface area contributed by atoms with Gasteiger partial charge in [-0.1, -0.05) is 0 Å². The van der Waals surface area contributed by atoms with Gasteiger partial charge in [-0.05, 0) is 13.3 Å². The molecular weight excluding hydrogens is 156 g/mol. The first kappa shape index (κ1) is 11.9. The van der Waals surface area contributed by atoms with Crippen LogP contribution in [0, 0.1) is 12.3 Å². The minimum Gasteiger partial charge on any atom is -0.384 e. The van der Waals surface area contributed by atoms with Crippen molar-refractivity contribution >= 4 is 0 Å². The topological polar surface area (TPSA) is 27.7 Å². The highest BCUT2D eigenvalue weighted by atomic mass is 16.5. The van der Waals surface area contributed by atoms with Crippen LogP contribution < -0.4 is 0 Å². The third kappa shape index (κ3) is 3.52. The van der Waals surface area contributed by atoms with Crippen molar-refractivity contribution in [1.29, 1.82) is 0 Å². The summed E-state index contributed by atoms with van der Waals surface area (Å²) in [5.74, 6) is 0. The van der Waals surface area contributed by atoms with E-state index in [1.165, 1.54) is 0 Å². The molecule has 3 nitrogen and oxygen atoms in total. The van der Waals surface area contributed by atoms with Crippen LogP contribution in [0.25, 0.3) is 0 Å². The number of methoxy groups -OCH3 is 3. The Balaban J connectivity index is 4.06. The van der Waals surface area contributed by atoms with E-state index in [2.05, 4.69) is 0 Å². The highest BCUT2D eigenvalue weighted by Gasteiger charge is 2.28. The van der Waals surface area contributed by atoms with Crippen LogP contribution in [0.2, 0.25) is 0 Å². The Morgan fingerprint density at radius 3 is 1.42 bits per heavy atom. The van der Waals surface area contributed by atoms with Crippen LogP contribution in [-0.4, -0.2) is 41.2 Å². The Labute approximate surface area is 75.0 Å². The van der Waals surface area contributed by atoms with Gasteiger partial charge in [-0.25, -0.2) is 0 Å². The molecule has 0 N–H and O–H groups in total. The van der Waals surface area contributed by atoms with E-state index in [-0.39, 0.29) is 5.41 Å². The average molecular weight is 174 g/mol. The zero-order valence-electron chi connectivity index (χ0n) is 8.13. The van der Waals surface area contributed by atoms with Crippen molar-refractivity contribution in [2.75, 3.05) is 41.2 Å². The second-order valence-corrected chi connectivity index (χ2v) is 3.00. The van der Waals surface area contributed by atoms with Gasteiger partial charge in [-0.2, -0.15) is 0 Å². The highest BCUT2D eigenvalue weighted by molar-refractivity contribution is 4.79. The van der Waals surface area contributed by atoms with Gasteiger partial charge in [0.25, 0.3) is 0 Å². The van der Waals surface area contributed by atoms with Crippen molar-refractivity contribution in [2.45, 2.75) is 6.42 Å². The van der Waals surface area contributed by atoms with Crippen LogP contribution in [0.3, 0.4) is 0 Å². The predicted octanol–water partition coefficient (Wildman–Crippen LogP) is 1.01. The van der Waals surface area contributed by atoms with Gasteiger partial charge in [0.05, 0.1) is 19.8 Å². The standard InChI is InChI=1S/C9H18O3/c1-5-9(6-10-2,7-11-3)8-12-4/h1H,5-8H2,2-4H3. The van der Waals surface area contributed by atoms with Crippen LogP contribution in [0.5, 0.6) is 0 Å². The van der Waals surface area contributed by atoms with Crippen molar-refractivity contribution in [2.24, 2.45) is 5.41 Å². The average Bonchev–Trinajstić information content (AvgIpc) is 2.06. The van der Waals surface area contributed by atoms with Crippen LogP contribution >= 0.6 is 0 Å². The molecule has 0 aromatic heterocycles. The lowest BCUT2D eigenvalue weighted by atomic mass is 9.88. The molecule has 0 aromatic rings. The number of hydrogen-bond acceptors (Lipinski definition) is 3. The van der Waals surface area contributed by atoms with Crippen molar-refractivity contribution in [3.63, 3.8) is 0 Å². The summed E-state index contributed by atoms with van der Waals surface area (Å²) < 4.78 is 15.2. The summed E-state index contributed by atoms with van der Waals surface area (Å²) in [5.41, 5.74) is -0.196. The maximum absolute atomic E-state index is 5.63. The molecule has 0 spiro atoms. The molecule has 0 atom stereocenters. The molecule has 0 aliphatic carbocycles. The largest absolute Gasteiger partial charge is 0.384 e. The van der Waals surface area contributed by atoms with Crippen LogP contribution in [-0.2, 0) is 14.2 Å².